The number of hydrogen-bond donors (Lipinski definition) is 0. The lowest BCUT2D eigenvalue weighted by atomic mass is 9.88. The molecule has 0 aromatic rings. The molecule has 2 atom stereocenters. The number of ketones is 1. The third-order valence-electron chi connectivity index (χ3n) is 2.23. The summed E-state index contributed by atoms with van der Waals surface area (Å²) in [5.74, 6) is 0.213. The van der Waals surface area contributed by atoms with Crippen LogP contribution in [0, 0.1) is 5.92 Å². The van der Waals surface area contributed by atoms with Gasteiger partial charge in [-0.25, -0.2) is 0 Å². The Kier molecular flexibility index (Phi) is 2.14. The van der Waals surface area contributed by atoms with Crippen molar-refractivity contribution in [1.29, 1.82) is 0 Å². The fourth-order valence-electron chi connectivity index (χ4n) is 1.33. The maximum Gasteiger partial charge on any atom is 0.136 e. The first-order valence-electron chi connectivity index (χ1n) is 3.85. The van der Waals surface area contributed by atoms with Crippen LogP contribution in [0.1, 0.15) is 20.3 Å². The van der Waals surface area contributed by atoms with Crippen molar-refractivity contribution in [2.75, 3.05) is 6.61 Å². The van der Waals surface area contributed by atoms with Gasteiger partial charge in [0.15, 0.2) is 0 Å². The zero-order valence-corrected chi connectivity index (χ0v) is 7.09. The Morgan fingerprint density at radius 2 is 2.45 bits per heavy atom. The third-order valence-corrected chi connectivity index (χ3v) is 2.23. The minimum atomic E-state index is -0.181. The van der Waals surface area contributed by atoms with Crippen molar-refractivity contribution in [1.82, 2.24) is 0 Å². The Morgan fingerprint density at radius 1 is 1.91 bits per heavy atom. The summed E-state index contributed by atoms with van der Waals surface area (Å²) in [7, 11) is 0. The molecule has 1 rings (SSSR count). The van der Waals surface area contributed by atoms with Crippen LogP contribution in [-0.4, -0.2) is 18.0 Å². The lowest BCUT2D eigenvalue weighted by Crippen LogP contribution is -2.26. The van der Waals surface area contributed by atoms with Gasteiger partial charge in [-0.3, -0.25) is 4.79 Å². The van der Waals surface area contributed by atoms with E-state index in [1.807, 2.05) is 6.92 Å². The minimum absolute atomic E-state index is 0.0139. The maximum atomic E-state index is 11.1. The predicted octanol–water partition coefficient (Wildman–Crippen LogP) is 1.56. The van der Waals surface area contributed by atoms with E-state index in [4.69, 9.17) is 4.74 Å². The standard InChI is InChI=1S/C9H14O2/c1-4-5-8(7(2)10)9(3)6-11-9/h4,8H,1,5-6H2,2-3H3. The smallest absolute Gasteiger partial charge is 0.136 e. The Hall–Kier alpha value is -0.630. The highest BCUT2D eigenvalue weighted by Crippen LogP contribution is 2.37. The highest BCUT2D eigenvalue weighted by Gasteiger charge is 2.48. The number of epoxide rings is 1. The second-order valence-electron chi connectivity index (χ2n) is 3.29. The van der Waals surface area contributed by atoms with Gasteiger partial charge < -0.3 is 4.74 Å². The highest BCUT2D eigenvalue weighted by molar-refractivity contribution is 5.80. The average molecular weight is 154 g/mol. The van der Waals surface area contributed by atoms with Crippen molar-refractivity contribution in [2.24, 2.45) is 5.92 Å². The summed E-state index contributed by atoms with van der Waals surface area (Å²) in [6, 6.07) is 0. The molecule has 0 aliphatic carbocycles. The molecular formula is C9H14O2. The monoisotopic (exact) mass is 154 g/mol. The number of carbonyl (C=O) groups excluding carboxylic acids is 1. The van der Waals surface area contributed by atoms with E-state index in [9.17, 15) is 4.79 Å². The predicted molar refractivity (Wildman–Crippen MR) is 43.3 cm³/mol. The molecule has 0 bridgehead atoms. The molecule has 0 aromatic carbocycles. The molecule has 2 heteroatoms. The van der Waals surface area contributed by atoms with Crippen molar-refractivity contribution >= 4 is 5.78 Å². The molecule has 2 unspecified atom stereocenters. The van der Waals surface area contributed by atoms with E-state index in [0.717, 1.165) is 6.42 Å². The SMILES string of the molecule is C=CCC(C(C)=O)C1(C)CO1. The second kappa shape index (κ2) is 2.78. The molecule has 1 saturated heterocycles. The Labute approximate surface area is 67.2 Å². The number of Topliss-reactive ketones (excluding diaryl/α,β-unsaturated/α-hetero) is 1. The van der Waals surface area contributed by atoms with E-state index < -0.39 is 0 Å². The van der Waals surface area contributed by atoms with Crippen molar-refractivity contribution in [3.05, 3.63) is 12.7 Å². The molecule has 1 fully saturated rings. The number of allylic oxidation sites excluding steroid dienone is 1. The summed E-state index contributed by atoms with van der Waals surface area (Å²) in [5.41, 5.74) is -0.181. The minimum Gasteiger partial charge on any atom is -0.369 e. The first-order chi connectivity index (χ1) is 5.10. The summed E-state index contributed by atoms with van der Waals surface area (Å²) < 4.78 is 5.20. The number of rotatable bonds is 4. The van der Waals surface area contributed by atoms with Crippen LogP contribution in [-0.2, 0) is 9.53 Å². The van der Waals surface area contributed by atoms with Crippen LogP contribution in [0.25, 0.3) is 0 Å². The van der Waals surface area contributed by atoms with Crippen LogP contribution >= 0.6 is 0 Å². The van der Waals surface area contributed by atoms with Gasteiger partial charge in [-0.15, -0.1) is 6.58 Å². The van der Waals surface area contributed by atoms with E-state index in [-0.39, 0.29) is 17.3 Å². The van der Waals surface area contributed by atoms with Crippen LogP contribution in [0.3, 0.4) is 0 Å². The zero-order valence-electron chi connectivity index (χ0n) is 7.09. The van der Waals surface area contributed by atoms with Gasteiger partial charge in [-0.05, 0) is 20.3 Å². The van der Waals surface area contributed by atoms with Gasteiger partial charge in [-0.2, -0.15) is 0 Å². The summed E-state index contributed by atoms with van der Waals surface area (Å²) in [5, 5.41) is 0. The molecule has 1 heterocycles. The maximum absolute atomic E-state index is 11.1. The Morgan fingerprint density at radius 3 is 2.73 bits per heavy atom. The van der Waals surface area contributed by atoms with E-state index in [1.54, 1.807) is 13.0 Å². The quantitative estimate of drug-likeness (QED) is 0.454. The van der Waals surface area contributed by atoms with Crippen molar-refractivity contribution in [3.63, 3.8) is 0 Å². The van der Waals surface area contributed by atoms with Gasteiger partial charge in [0.05, 0.1) is 18.1 Å². The van der Waals surface area contributed by atoms with Crippen LogP contribution in [0.5, 0.6) is 0 Å². The number of carbonyl (C=O) groups is 1. The number of ether oxygens (including phenoxy) is 1. The molecule has 1 aliphatic heterocycles. The van der Waals surface area contributed by atoms with Gasteiger partial charge in [0.2, 0.25) is 0 Å². The molecule has 0 spiro atoms. The molecule has 0 aromatic heterocycles. The Bertz CT molecular complexity index is 180. The molecular weight excluding hydrogens is 140 g/mol. The van der Waals surface area contributed by atoms with Gasteiger partial charge >= 0.3 is 0 Å². The fourth-order valence-corrected chi connectivity index (χ4v) is 1.33. The topological polar surface area (TPSA) is 29.6 Å². The highest BCUT2D eigenvalue weighted by atomic mass is 16.6. The fraction of sp³-hybridized carbons (Fsp3) is 0.667. The first kappa shape index (κ1) is 8.47. The van der Waals surface area contributed by atoms with E-state index in [2.05, 4.69) is 6.58 Å². The molecule has 2 nitrogen and oxygen atoms in total. The molecule has 62 valence electrons. The van der Waals surface area contributed by atoms with Gasteiger partial charge in [0, 0.05) is 0 Å². The molecule has 0 amide bonds. The molecule has 0 saturated carbocycles. The normalized spacial score (nSPS) is 31.1. The molecule has 0 radical (unpaired) electrons. The summed E-state index contributed by atoms with van der Waals surface area (Å²) in [6.07, 6.45) is 2.50. The van der Waals surface area contributed by atoms with E-state index >= 15 is 0 Å². The third kappa shape index (κ3) is 1.69. The van der Waals surface area contributed by atoms with Gasteiger partial charge in [0.25, 0.3) is 0 Å². The van der Waals surface area contributed by atoms with Gasteiger partial charge in [0.1, 0.15) is 5.78 Å². The van der Waals surface area contributed by atoms with Crippen LogP contribution < -0.4 is 0 Å². The van der Waals surface area contributed by atoms with Crippen LogP contribution in [0.2, 0.25) is 0 Å². The van der Waals surface area contributed by atoms with Crippen molar-refractivity contribution in [2.45, 2.75) is 25.9 Å². The second-order valence-corrected chi connectivity index (χ2v) is 3.29. The van der Waals surface area contributed by atoms with Crippen molar-refractivity contribution < 1.29 is 9.53 Å². The number of hydrogen-bond acceptors (Lipinski definition) is 2. The summed E-state index contributed by atoms with van der Waals surface area (Å²) in [4.78, 5) is 11.1. The summed E-state index contributed by atoms with van der Waals surface area (Å²) in [6.45, 7) is 7.92. The van der Waals surface area contributed by atoms with E-state index in [0.29, 0.717) is 6.61 Å². The average Bonchev–Trinajstić information content (AvgIpc) is 2.63. The summed E-state index contributed by atoms with van der Waals surface area (Å²) >= 11 is 0. The van der Waals surface area contributed by atoms with Crippen molar-refractivity contribution in [3.8, 4) is 0 Å². The largest absolute Gasteiger partial charge is 0.369 e. The van der Waals surface area contributed by atoms with Crippen LogP contribution in [0.15, 0.2) is 12.7 Å². The molecule has 1 aliphatic rings. The lowest BCUT2D eigenvalue weighted by molar-refractivity contribution is -0.122. The first-order valence-corrected chi connectivity index (χ1v) is 3.85. The van der Waals surface area contributed by atoms with Crippen LogP contribution in [0.4, 0.5) is 0 Å². The lowest BCUT2D eigenvalue weighted by Gasteiger charge is -2.14. The van der Waals surface area contributed by atoms with E-state index in [1.165, 1.54) is 0 Å². The zero-order chi connectivity index (χ0) is 8.48. The molecule has 0 N–H and O–H groups in total. The molecule has 11 heavy (non-hydrogen) atoms. The Balaban J connectivity index is 2.59. The van der Waals surface area contributed by atoms with Gasteiger partial charge in [-0.1, -0.05) is 6.08 Å².